The molecule has 9 heteroatoms. The zero-order valence-electron chi connectivity index (χ0n) is 15.6. The summed E-state index contributed by atoms with van der Waals surface area (Å²) in [5, 5.41) is 5.41. The maximum Gasteiger partial charge on any atom is 0.387 e. The van der Waals surface area contributed by atoms with E-state index >= 15 is 0 Å². The number of para-hydroxylation sites is 1. The number of nitrogens with one attached hydrogen (secondary N) is 1. The number of hydrogen-bond acceptors (Lipinski definition) is 5. The van der Waals surface area contributed by atoms with Gasteiger partial charge >= 0.3 is 6.61 Å². The van der Waals surface area contributed by atoms with Crippen molar-refractivity contribution in [1.29, 1.82) is 0 Å². The molecule has 0 radical (unpaired) electrons. The van der Waals surface area contributed by atoms with E-state index in [9.17, 15) is 18.4 Å². The Labute approximate surface area is 170 Å². The molecule has 1 saturated carbocycles. The summed E-state index contributed by atoms with van der Waals surface area (Å²) < 4.78 is 29.7. The van der Waals surface area contributed by atoms with E-state index in [1.54, 1.807) is 6.07 Å². The summed E-state index contributed by atoms with van der Waals surface area (Å²) in [6.07, 6.45) is 3.61. The van der Waals surface area contributed by atoms with Gasteiger partial charge in [-0.3, -0.25) is 9.59 Å². The van der Waals surface area contributed by atoms with E-state index in [4.69, 9.17) is 0 Å². The van der Waals surface area contributed by atoms with Gasteiger partial charge in [0.1, 0.15) is 5.75 Å². The molecule has 154 valence electrons. The van der Waals surface area contributed by atoms with Gasteiger partial charge < -0.3 is 15.0 Å². The summed E-state index contributed by atoms with van der Waals surface area (Å²) >= 11 is 1.41. The number of alkyl halides is 2. The maximum absolute atomic E-state index is 12.9. The van der Waals surface area contributed by atoms with Crippen LogP contribution < -0.4 is 10.1 Å². The lowest BCUT2D eigenvalue weighted by molar-refractivity contribution is -0.121. The lowest BCUT2D eigenvalue weighted by Crippen LogP contribution is -2.43. The molecule has 1 aliphatic carbocycles. The van der Waals surface area contributed by atoms with Crippen LogP contribution in [0.2, 0.25) is 0 Å². The van der Waals surface area contributed by atoms with Crippen molar-refractivity contribution in [2.45, 2.75) is 38.2 Å². The van der Waals surface area contributed by atoms with E-state index in [2.05, 4.69) is 15.0 Å². The second kappa shape index (κ2) is 8.44. The number of carbonyl (C=O) groups is 2. The molecule has 1 aromatic heterocycles. The summed E-state index contributed by atoms with van der Waals surface area (Å²) in [6.45, 7) is -2.31. The summed E-state index contributed by atoms with van der Waals surface area (Å²) in [5.41, 5.74) is 1.10. The van der Waals surface area contributed by atoms with Crippen molar-refractivity contribution >= 4 is 28.3 Å². The second-order valence-corrected chi connectivity index (χ2v) is 8.16. The average Bonchev–Trinajstić information content (AvgIpc) is 3.47. The van der Waals surface area contributed by atoms with Crippen LogP contribution in [-0.2, 0) is 4.79 Å². The minimum Gasteiger partial charge on any atom is -0.434 e. The van der Waals surface area contributed by atoms with Crippen molar-refractivity contribution in [2.24, 2.45) is 5.92 Å². The van der Waals surface area contributed by atoms with Crippen molar-refractivity contribution in [1.82, 2.24) is 9.88 Å². The van der Waals surface area contributed by atoms with Crippen LogP contribution in [0.3, 0.4) is 0 Å². The Balaban J connectivity index is 1.41. The van der Waals surface area contributed by atoms with Crippen LogP contribution in [0.4, 0.5) is 13.9 Å². The first-order valence-corrected chi connectivity index (χ1v) is 10.5. The monoisotopic (exact) mass is 421 g/mol. The number of likely N-dealkylation sites (tertiary alicyclic amines) is 1. The van der Waals surface area contributed by atoms with Crippen LogP contribution in [0.1, 0.15) is 47.7 Å². The van der Waals surface area contributed by atoms with Crippen molar-refractivity contribution in [2.75, 3.05) is 18.4 Å². The normalized spacial score (nSPS) is 19.3. The zero-order valence-corrected chi connectivity index (χ0v) is 16.5. The summed E-state index contributed by atoms with van der Waals surface area (Å²) in [6, 6.07) is 5.93. The molecule has 2 amide bonds. The van der Waals surface area contributed by atoms with E-state index in [1.807, 2.05) is 5.38 Å². The zero-order chi connectivity index (χ0) is 20.4. The molecule has 0 bridgehead atoms. The first-order valence-electron chi connectivity index (χ1n) is 9.60. The highest BCUT2D eigenvalue weighted by molar-refractivity contribution is 7.13. The molecule has 29 heavy (non-hydrogen) atoms. The van der Waals surface area contributed by atoms with Gasteiger partial charge in [-0.05, 0) is 37.8 Å². The van der Waals surface area contributed by atoms with Gasteiger partial charge in [0, 0.05) is 24.4 Å². The van der Waals surface area contributed by atoms with E-state index in [0.29, 0.717) is 30.4 Å². The number of ether oxygens (including phenoxy) is 1. The Morgan fingerprint density at radius 1 is 1.24 bits per heavy atom. The molecular weight excluding hydrogens is 400 g/mol. The van der Waals surface area contributed by atoms with Gasteiger partial charge in [0.15, 0.2) is 5.13 Å². The Kier molecular flexibility index (Phi) is 5.75. The van der Waals surface area contributed by atoms with Crippen molar-refractivity contribution in [3.8, 4) is 5.75 Å². The largest absolute Gasteiger partial charge is 0.434 e. The fraction of sp³-hybridized carbons (Fsp3) is 0.450. The van der Waals surface area contributed by atoms with E-state index in [-0.39, 0.29) is 29.7 Å². The highest BCUT2D eigenvalue weighted by atomic mass is 32.1. The van der Waals surface area contributed by atoms with Crippen molar-refractivity contribution < 1.29 is 23.1 Å². The molecule has 1 saturated heterocycles. The molecule has 6 nitrogen and oxygen atoms in total. The number of carbonyl (C=O) groups excluding carboxylic acids is 2. The van der Waals surface area contributed by atoms with Gasteiger partial charge in [-0.2, -0.15) is 8.78 Å². The Hall–Kier alpha value is -2.55. The summed E-state index contributed by atoms with van der Waals surface area (Å²) in [7, 11) is 0. The number of benzene rings is 1. The fourth-order valence-corrected chi connectivity index (χ4v) is 4.30. The molecule has 2 aliphatic rings. The number of thiazole rings is 1. The van der Waals surface area contributed by atoms with Gasteiger partial charge in [-0.1, -0.05) is 12.1 Å². The third-order valence-corrected chi connectivity index (χ3v) is 5.94. The van der Waals surface area contributed by atoms with Crippen LogP contribution in [0.5, 0.6) is 5.75 Å². The first-order chi connectivity index (χ1) is 14.0. The van der Waals surface area contributed by atoms with E-state index < -0.39 is 12.5 Å². The van der Waals surface area contributed by atoms with Gasteiger partial charge in [0.05, 0.1) is 17.2 Å². The van der Waals surface area contributed by atoms with Crippen molar-refractivity contribution in [3.05, 3.63) is 40.9 Å². The van der Waals surface area contributed by atoms with Gasteiger partial charge in [-0.25, -0.2) is 4.98 Å². The SMILES string of the molecule is O=C(Nc1nc(C2CC2)cs1)[C@@H]1CCCN(C(=O)c2ccccc2OC(F)F)C1. The highest BCUT2D eigenvalue weighted by Crippen LogP contribution is 2.41. The van der Waals surface area contributed by atoms with Crippen LogP contribution in [0.15, 0.2) is 29.6 Å². The number of aromatic nitrogens is 1. The fourth-order valence-electron chi connectivity index (χ4n) is 3.51. The number of rotatable bonds is 6. The van der Waals surface area contributed by atoms with Crippen LogP contribution in [0, 0.1) is 5.92 Å². The number of nitrogens with zero attached hydrogens (tertiary/aromatic N) is 2. The van der Waals surface area contributed by atoms with E-state index in [1.165, 1.54) is 34.4 Å². The Morgan fingerprint density at radius 3 is 2.79 bits per heavy atom. The molecule has 1 N–H and O–H groups in total. The van der Waals surface area contributed by atoms with Gasteiger partial charge in [0.25, 0.3) is 5.91 Å². The number of anilines is 1. The third-order valence-electron chi connectivity index (χ3n) is 5.16. The number of halogens is 2. The quantitative estimate of drug-likeness (QED) is 0.762. The van der Waals surface area contributed by atoms with Crippen molar-refractivity contribution in [3.63, 3.8) is 0 Å². The molecule has 4 rings (SSSR count). The highest BCUT2D eigenvalue weighted by Gasteiger charge is 2.31. The Bertz CT molecular complexity index is 901. The predicted molar refractivity (Wildman–Crippen MR) is 104 cm³/mol. The van der Waals surface area contributed by atoms with Gasteiger partial charge in [0.2, 0.25) is 5.91 Å². The number of piperidine rings is 1. The summed E-state index contributed by atoms with van der Waals surface area (Å²) in [4.78, 5) is 31.5. The smallest absolute Gasteiger partial charge is 0.387 e. The summed E-state index contributed by atoms with van der Waals surface area (Å²) in [5.74, 6) is -0.589. The van der Waals surface area contributed by atoms with Gasteiger partial charge in [-0.15, -0.1) is 11.3 Å². The molecule has 2 aromatic rings. The molecule has 0 unspecified atom stereocenters. The minimum atomic E-state index is -3.01. The molecule has 1 atom stereocenters. The maximum atomic E-state index is 12.9. The molecule has 2 heterocycles. The predicted octanol–water partition coefficient (Wildman–Crippen LogP) is 4.11. The minimum absolute atomic E-state index is 0.0721. The topological polar surface area (TPSA) is 71.5 Å². The first kappa shape index (κ1) is 19.8. The molecule has 0 spiro atoms. The molecule has 1 aliphatic heterocycles. The molecule has 2 fully saturated rings. The van der Waals surface area contributed by atoms with Crippen LogP contribution >= 0.6 is 11.3 Å². The lowest BCUT2D eigenvalue weighted by atomic mass is 9.96. The third kappa shape index (κ3) is 4.72. The Morgan fingerprint density at radius 2 is 2.03 bits per heavy atom. The average molecular weight is 421 g/mol. The second-order valence-electron chi connectivity index (χ2n) is 7.31. The number of hydrogen-bond donors (Lipinski definition) is 1. The van der Waals surface area contributed by atoms with Crippen LogP contribution in [-0.4, -0.2) is 41.4 Å². The molecular formula is C20H21F2N3O3S. The molecule has 1 aromatic carbocycles. The van der Waals surface area contributed by atoms with Crippen LogP contribution in [0.25, 0.3) is 0 Å². The number of amides is 2. The standard InChI is InChI=1S/C20H21F2N3O3S/c21-19(22)28-16-6-2-1-5-14(16)18(27)25-9-3-4-13(10-25)17(26)24-20-23-15(11-29-20)12-7-8-12/h1-2,5-6,11-13,19H,3-4,7-10H2,(H,23,24,26)/t13-/m1/s1. The lowest BCUT2D eigenvalue weighted by Gasteiger charge is -2.32. The van der Waals surface area contributed by atoms with E-state index in [0.717, 1.165) is 18.5 Å².